The fraction of sp³-hybridized carbons (Fsp3) is 0.267. The molecule has 0 atom stereocenters. The number of amides is 2. The van der Waals surface area contributed by atoms with Gasteiger partial charge >= 0.3 is 0 Å². The first-order chi connectivity index (χ1) is 17.4. The third-order valence-corrected chi connectivity index (χ3v) is 6.17. The fourth-order valence-corrected chi connectivity index (χ4v) is 4.42. The lowest BCUT2D eigenvalue weighted by molar-refractivity contribution is -0.132. The minimum Gasteiger partial charge on any atom is -0.361 e. The predicted octanol–water partition coefficient (Wildman–Crippen LogP) is 5.68. The number of hydrogen-bond acceptors (Lipinski definition) is 2. The summed E-state index contributed by atoms with van der Waals surface area (Å²) in [5.74, 6) is -0.790. The first-order valence-corrected chi connectivity index (χ1v) is 12.3. The molecule has 186 valence electrons. The number of aromatic amines is 1. The van der Waals surface area contributed by atoms with Crippen molar-refractivity contribution in [1.29, 1.82) is 0 Å². The van der Waals surface area contributed by atoms with Gasteiger partial charge in [-0.2, -0.15) is 0 Å². The standard InChI is InChI=1S/C30H32FN3O2/c1-22(2)19-34(30(36)24-11-8-12-26(31)17-24)21-29(35)33(20-23-9-4-3-5-10-23)16-15-25-18-32-28-14-7-6-13-27(25)28/h3-14,17-18,22,32H,15-16,19-21H2,1-2H3. The fourth-order valence-electron chi connectivity index (χ4n) is 4.42. The highest BCUT2D eigenvalue weighted by atomic mass is 19.1. The van der Waals surface area contributed by atoms with Gasteiger partial charge in [0.2, 0.25) is 5.91 Å². The Labute approximate surface area is 211 Å². The van der Waals surface area contributed by atoms with Crippen molar-refractivity contribution >= 4 is 22.7 Å². The number of carbonyl (C=O) groups excluding carboxylic acids is 2. The second-order valence-corrected chi connectivity index (χ2v) is 9.50. The van der Waals surface area contributed by atoms with Crippen LogP contribution in [0.4, 0.5) is 4.39 Å². The molecule has 5 nitrogen and oxygen atoms in total. The number of aromatic nitrogens is 1. The molecule has 6 heteroatoms. The van der Waals surface area contributed by atoms with Crippen molar-refractivity contribution in [3.05, 3.63) is 108 Å². The molecule has 0 aliphatic carbocycles. The van der Waals surface area contributed by atoms with Crippen LogP contribution >= 0.6 is 0 Å². The summed E-state index contributed by atoms with van der Waals surface area (Å²) in [6.45, 7) is 5.30. The van der Waals surface area contributed by atoms with Gasteiger partial charge in [-0.3, -0.25) is 9.59 Å². The number of carbonyl (C=O) groups is 2. The number of H-pyrrole nitrogens is 1. The smallest absolute Gasteiger partial charge is 0.254 e. The molecule has 0 saturated heterocycles. The van der Waals surface area contributed by atoms with E-state index in [1.165, 1.54) is 23.1 Å². The zero-order valence-corrected chi connectivity index (χ0v) is 20.8. The highest BCUT2D eigenvalue weighted by Gasteiger charge is 2.24. The van der Waals surface area contributed by atoms with Crippen LogP contribution in [-0.4, -0.2) is 46.2 Å². The number of hydrogen-bond donors (Lipinski definition) is 1. The number of halogens is 1. The van der Waals surface area contributed by atoms with Crippen LogP contribution in [0.15, 0.2) is 85.1 Å². The Balaban J connectivity index is 1.54. The van der Waals surface area contributed by atoms with Crippen molar-refractivity contribution in [2.45, 2.75) is 26.8 Å². The quantitative estimate of drug-likeness (QED) is 0.314. The van der Waals surface area contributed by atoms with Crippen LogP contribution in [0.3, 0.4) is 0 Å². The first kappa shape index (κ1) is 25.2. The van der Waals surface area contributed by atoms with Crippen molar-refractivity contribution in [3.8, 4) is 0 Å². The maximum atomic E-state index is 13.8. The number of nitrogens with one attached hydrogen (secondary N) is 1. The van der Waals surface area contributed by atoms with E-state index in [0.29, 0.717) is 26.1 Å². The molecule has 0 aliphatic heterocycles. The molecule has 1 aromatic heterocycles. The van der Waals surface area contributed by atoms with Gasteiger partial charge in [0.1, 0.15) is 12.4 Å². The Kier molecular flexibility index (Phi) is 8.16. The molecule has 0 saturated carbocycles. The largest absolute Gasteiger partial charge is 0.361 e. The van der Waals surface area contributed by atoms with Crippen LogP contribution in [0.2, 0.25) is 0 Å². The van der Waals surface area contributed by atoms with E-state index < -0.39 is 5.82 Å². The molecule has 0 radical (unpaired) electrons. The van der Waals surface area contributed by atoms with Gasteiger partial charge < -0.3 is 14.8 Å². The van der Waals surface area contributed by atoms with Gasteiger partial charge in [-0.15, -0.1) is 0 Å². The Bertz CT molecular complexity index is 1320. The molecule has 36 heavy (non-hydrogen) atoms. The average molecular weight is 486 g/mol. The Morgan fingerprint density at radius 1 is 0.917 bits per heavy atom. The van der Waals surface area contributed by atoms with Crippen LogP contribution in [0, 0.1) is 11.7 Å². The summed E-state index contributed by atoms with van der Waals surface area (Å²) in [5, 5.41) is 1.15. The zero-order chi connectivity index (χ0) is 25.5. The second kappa shape index (κ2) is 11.7. The number of benzene rings is 3. The highest BCUT2D eigenvalue weighted by molar-refractivity contribution is 5.96. The summed E-state index contributed by atoms with van der Waals surface area (Å²) in [6, 6.07) is 23.6. The van der Waals surface area contributed by atoms with Crippen LogP contribution in [0.1, 0.15) is 35.3 Å². The monoisotopic (exact) mass is 485 g/mol. The van der Waals surface area contributed by atoms with Gasteiger partial charge in [0.05, 0.1) is 0 Å². The maximum absolute atomic E-state index is 13.8. The van der Waals surface area contributed by atoms with E-state index in [9.17, 15) is 14.0 Å². The topological polar surface area (TPSA) is 56.4 Å². The minimum atomic E-state index is -0.471. The highest BCUT2D eigenvalue weighted by Crippen LogP contribution is 2.19. The van der Waals surface area contributed by atoms with E-state index in [2.05, 4.69) is 11.1 Å². The molecular weight excluding hydrogens is 453 g/mol. The lowest BCUT2D eigenvalue weighted by Crippen LogP contribution is -2.44. The Hall–Kier alpha value is -3.93. The summed E-state index contributed by atoms with van der Waals surface area (Å²) in [5.41, 5.74) is 3.48. The molecule has 0 bridgehead atoms. The van der Waals surface area contributed by atoms with E-state index in [-0.39, 0.29) is 29.8 Å². The van der Waals surface area contributed by atoms with Crippen molar-refractivity contribution in [2.75, 3.05) is 19.6 Å². The normalized spacial score (nSPS) is 11.1. The second-order valence-electron chi connectivity index (χ2n) is 9.50. The maximum Gasteiger partial charge on any atom is 0.254 e. The van der Waals surface area contributed by atoms with Crippen molar-refractivity contribution in [2.24, 2.45) is 5.92 Å². The van der Waals surface area contributed by atoms with Gasteiger partial charge in [0.15, 0.2) is 0 Å². The number of nitrogens with zero attached hydrogens (tertiary/aromatic N) is 2. The molecule has 0 spiro atoms. The zero-order valence-electron chi connectivity index (χ0n) is 20.8. The lowest BCUT2D eigenvalue weighted by Gasteiger charge is -2.29. The van der Waals surface area contributed by atoms with Gasteiger partial charge in [-0.05, 0) is 47.7 Å². The molecule has 2 amide bonds. The molecule has 0 aliphatic rings. The minimum absolute atomic E-state index is 0.0613. The number of para-hydroxylation sites is 1. The third kappa shape index (κ3) is 6.39. The summed E-state index contributed by atoms with van der Waals surface area (Å²) >= 11 is 0. The van der Waals surface area contributed by atoms with E-state index >= 15 is 0 Å². The van der Waals surface area contributed by atoms with Gasteiger partial charge in [0.25, 0.3) is 5.91 Å². The van der Waals surface area contributed by atoms with Crippen molar-refractivity contribution in [1.82, 2.24) is 14.8 Å². The Morgan fingerprint density at radius 2 is 1.67 bits per heavy atom. The molecule has 3 aromatic carbocycles. The molecule has 4 rings (SSSR count). The van der Waals surface area contributed by atoms with Crippen molar-refractivity contribution in [3.63, 3.8) is 0 Å². The Morgan fingerprint density at radius 3 is 2.42 bits per heavy atom. The SMILES string of the molecule is CC(C)CN(CC(=O)N(CCc1c[nH]c2ccccc12)Cc1ccccc1)C(=O)c1cccc(F)c1. The summed E-state index contributed by atoms with van der Waals surface area (Å²) < 4.78 is 13.8. The van der Waals surface area contributed by atoms with Gasteiger partial charge in [0, 0.05) is 42.3 Å². The average Bonchev–Trinajstić information content (AvgIpc) is 3.29. The number of fused-ring (bicyclic) bond motifs is 1. The predicted molar refractivity (Wildman–Crippen MR) is 141 cm³/mol. The van der Waals surface area contributed by atoms with Crippen LogP contribution < -0.4 is 0 Å². The molecule has 1 N–H and O–H groups in total. The van der Waals surface area contributed by atoms with Gasteiger partial charge in [-0.25, -0.2) is 4.39 Å². The summed E-state index contributed by atoms with van der Waals surface area (Å²) in [7, 11) is 0. The molecule has 1 heterocycles. The molecule has 0 unspecified atom stereocenters. The van der Waals surface area contributed by atoms with E-state index in [0.717, 1.165) is 22.0 Å². The van der Waals surface area contributed by atoms with Gasteiger partial charge in [-0.1, -0.05) is 68.4 Å². The summed E-state index contributed by atoms with van der Waals surface area (Å²) in [4.78, 5) is 33.5. The summed E-state index contributed by atoms with van der Waals surface area (Å²) in [6.07, 6.45) is 2.68. The van der Waals surface area contributed by atoms with E-state index in [4.69, 9.17) is 0 Å². The van der Waals surface area contributed by atoms with E-state index in [1.807, 2.05) is 73.5 Å². The molecular formula is C30H32FN3O2. The van der Waals surface area contributed by atoms with Crippen molar-refractivity contribution < 1.29 is 14.0 Å². The third-order valence-electron chi connectivity index (χ3n) is 6.17. The first-order valence-electron chi connectivity index (χ1n) is 12.3. The van der Waals surface area contributed by atoms with Crippen LogP contribution in [-0.2, 0) is 17.8 Å². The van der Waals surface area contributed by atoms with E-state index in [1.54, 1.807) is 6.07 Å². The molecule has 0 fully saturated rings. The van der Waals surface area contributed by atoms with Crippen LogP contribution in [0.25, 0.3) is 10.9 Å². The lowest BCUT2D eigenvalue weighted by atomic mass is 10.1. The number of rotatable bonds is 10. The van der Waals surface area contributed by atoms with Crippen LogP contribution in [0.5, 0.6) is 0 Å². The molecule has 4 aromatic rings.